The molecule has 0 aromatic carbocycles. The summed E-state index contributed by atoms with van der Waals surface area (Å²) in [7, 11) is 2.10. The number of amides is 2. The van der Waals surface area contributed by atoms with E-state index in [9.17, 15) is 4.79 Å². The average Bonchev–Trinajstić information content (AvgIpc) is 3.48. The van der Waals surface area contributed by atoms with Crippen molar-refractivity contribution in [2.75, 3.05) is 30.4 Å². The van der Waals surface area contributed by atoms with Crippen LogP contribution >= 0.6 is 0 Å². The van der Waals surface area contributed by atoms with Crippen molar-refractivity contribution in [1.82, 2.24) is 40.1 Å². The van der Waals surface area contributed by atoms with Gasteiger partial charge in [-0.1, -0.05) is 5.10 Å². The van der Waals surface area contributed by atoms with Crippen molar-refractivity contribution in [2.45, 2.75) is 32.4 Å². The van der Waals surface area contributed by atoms with E-state index in [0.717, 1.165) is 42.8 Å². The highest BCUT2D eigenvalue weighted by Crippen LogP contribution is 2.41. The van der Waals surface area contributed by atoms with E-state index >= 15 is 0 Å². The van der Waals surface area contributed by atoms with Gasteiger partial charge in [0, 0.05) is 32.4 Å². The molecule has 2 fully saturated rings. The minimum Gasteiger partial charge on any atom is -0.356 e. The van der Waals surface area contributed by atoms with Gasteiger partial charge in [-0.05, 0) is 42.9 Å². The molecule has 4 heterocycles. The lowest BCUT2D eigenvalue weighted by Crippen LogP contribution is -2.36. The average molecular weight is 396 g/mol. The van der Waals surface area contributed by atoms with Gasteiger partial charge in [0.2, 0.25) is 0 Å². The first-order valence-corrected chi connectivity index (χ1v) is 9.97. The summed E-state index contributed by atoms with van der Waals surface area (Å²) in [5.74, 6) is 2.21. The Morgan fingerprint density at radius 1 is 1.31 bits per heavy atom. The highest BCUT2D eigenvalue weighted by Gasteiger charge is 2.44. The molecule has 5 rings (SSSR count). The third kappa shape index (κ3) is 3.15. The number of aromatic amines is 1. The molecule has 3 atom stereocenters. The van der Waals surface area contributed by atoms with E-state index in [4.69, 9.17) is 0 Å². The zero-order valence-electron chi connectivity index (χ0n) is 16.5. The lowest BCUT2D eigenvalue weighted by Gasteiger charge is -2.27. The van der Waals surface area contributed by atoms with Gasteiger partial charge in [0.25, 0.3) is 5.95 Å². The molecule has 0 unspecified atom stereocenters. The number of nitrogens with one attached hydrogen (secondary N) is 2. The number of hydrogen-bond donors (Lipinski definition) is 2. The largest absolute Gasteiger partial charge is 0.356 e. The van der Waals surface area contributed by atoms with Crippen LogP contribution in [0.15, 0.2) is 18.6 Å². The van der Waals surface area contributed by atoms with Crippen LogP contribution in [0.5, 0.6) is 0 Å². The monoisotopic (exact) mass is 396 g/mol. The fourth-order valence-corrected chi connectivity index (χ4v) is 4.66. The molecule has 0 spiro atoms. The highest BCUT2D eigenvalue weighted by atomic mass is 16.2. The summed E-state index contributed by atoms with van der Waals surface area (Å²) in [4.78, 5) is 30.1. The summed E-state index contributed by atoms with van der Waals surface area (Å²) in [5, 5.41) is 15.6. The van der Waals surface area contributed by atoms with Gasteiger partial charge in [-0.2, -0.15) is 4.80 Å². The second-order valence-corrected chi connectivity index (χ2v) is 7.83. The van der Waals surface area contributed by atoms with Crippen LogP contribution < -0.4 is 10.2 Å². The molecule has 1 saturated heterocycles. The number of carbonyl (C=O) groups is 1. The van der Waals surface area contributed by atoms with Gasteiger partial charge in [-0.15, -0.1) is 5.10 Å². The Hall–Kier alpha value is -3.24. The first kappa shape index (κ1) is 17.8. The number of anilines is 2. The number of likely N-dealkylation sites (tertiary alicyclic amines) is 1. The molecule has 0 radical (unpaired) electrons. The van der Waals surface area contributed by atoms with Gasteiger partial charge in [0.1, 0.15) is 17.8 Å². The predicted octanol–water partition coefficient (Wildman–Crippen LogP) is 1.34. The van der Waals surface area contributed by atoms with Gasteiger partial charge >= 0.3 is 6.03 Å². The number of rotatable bonds is 4. The molecule has 1 aliphatic heterocycles. The van der Waals surface area contributed by atoms with Gasteiger partial charge in [0.05, 0.1) is 11.9 Å². The van der Waals surface area contributed by atoms with Gasteiger partial charge in [-0.3, -0.25) is 5.32 Å². The Morgan fingerprint density at radius 2 is 2.10 bits per heavy atom. The maximum absolute atomic E-state index is 12.6. The van der Waals surface area contributed by atoms with E-state index < -0.39 is 0 Å². The van der Waals surface area contributed by atoms with Crippen molar-refractivity contribution in [2.24, 2.45) is 11.8 Å². The van der Waals surface area contributed by atoms with Crippen LogP contribution in [0.1, 0.15) is 19.8 Å². The van der Waals surface area contributed by atoms with Crippen molar-refractivity contribution in [1.29, 1.82) is 0 Å². The van der Waals surface area contributed by atoms with Gasteiger partial charge in [0.15, 0.2) is 0 Å². The number of hydrogen-bond acceptors (Lipinski definition) is 7. The molecule has 3 aromatic heterocycles. The summed E-state index contributed by atoms with van der Waals surface area (Å²) in [6.45, 7) is 4.05. The second kappa shape index (κ2) is 6.98. The number of carbonyl (C=O) groups excluding carboxylic acids is 1. The van der Waals surface area contributed by atoms with E-state index in [1.165, 1.54) is 4.80 Å². The van der Waals surface area contributed by atoms with Crippen LogP contribution in [0, 0.1) is 11.8 Å². The molecule has 1 aliphatic carbocycles. The van der Waals surface area contributed by atoms with E-state index in [1.807, 2.05) is 24.1 Å². The van der Waals surface area contributed by atoms with Crippen molar-refractivity contribution < 1.29 is 4.79 Å². The summed E-state index contributed by atoms with van der Waals surface area (Å²) in [5.41, 5.74) is 0.858. The third-order valence-corrected chi connectivity index (χ3v) is 6.18. The number of aryl methyl sites for hydroxylation is 1. The first-order valence-electron chi connectivity index (χ1n) is 9.97. The van der Waals surface area contributed by atoms with Crippen molar-refractivity contribution in [3.05, 3.63) is 18.6 Å². The number of urea groups is 1. The zero-order valence-corrected chi connectivity index (χ0v) is 16.5. The Balaban J connectivity index is 1.21. The fraction of sp³-hybridized carbons (Fsp3) is 0.556. The van der Waals surface area contributed by atoms with E-state index in [-0.39, 0.29) is 12.0 Å². The predicted molar refractivity (Wildman–Crippen MR) is 106 cm³/mol. The molecule has 1 saturated carbocycles. The number of aromatic nitrogens is 7. The molecule has 29 heavy (non-hydrogen) atoms. The fourth-order valence-electron chi connectivity index (χ4n) is 4.66. The SMILES string of the molecule is CCn1nnc(NC(=O)N2C[C@H]3C[C@@H](N(C)c4ncnc5[nH]ccc45)C[C@H]3C2)n1. The lowest BCUT2D eigenvalue weighted by atomic mass is 10.0. The maximum Gasteiger partial charge on any atom is 0.324 e. The molecular weight excluding hydrogens is 372 g/mol. The minimum atomic E-state index is -0.148. The molecule has 11 nitrogen and oxygen atoms in total. The molecule has 11 heteroatoms. The quantitative estimate of drug-likeness (QED) is 0.683. The van der Waals surface area contributed by atoms with Crippen LogP contribution in [0.2, 0.25) is 0 Å². The van der Waals surface area contributed by atoms with Crippen molar-refractivity contribution in [3.63, 3.8) is 0 Å². The molecule has 152 valence electrons. The van der Waals surface area contributed by atoms with Crippen LogP contribution in [0.3, 0.4) is 0 Å². The zero-order chi connectivity index (χ0) is 20.0. The lowest BCUT2D eigenvalue weighted by molar-refractivity contribution is 0.218. The van der Waals surface area contributed by atoms with Crippen LogP contribution in [0.4, 0.5) is 16.6 Å². The van der Waals surface area contributed by atoms with Gasteiger partial charge in [-0.25, -0.2) is 14.8 Å². The number of tetrazole rings is 1. The normalized spacial score (nSPS) is 23.5. The Labute approximate surface area is 167 Å². The van der Waals surface area contributed by atoms with Crippen LogP contribution in [-0.4, -0.2) is 72.3 Å². The Kier molecular flexibility index (Phi) is 4.29. The maximum atomic E-state index is 12.6. The summed E-state index contributed by atoms with van der Waals surface area (Å²) < 4.78 is 0. The van der Waals surface area contributed by atoms with Crippen molar-refractivity contribution >= 4 is 28.8 Å². The van der Waals surface area contributed by atoms with E-state index in [0.29, 0.717) is 24.4 Å². The second-order valence-electron chi connectivity index (χ2n) is 7.83. The molecule has 2 aliphatic rings. The molecular formula is C18H24N10O. The minimum absolute atomic E-state index is 0.148. The molecule has 0 bridgehead atoms. The smallest absolute Gasteiger partial charge is 0.324 e. The third-order valence-electron chi connectivity index (χ3n) is 6.18. The van der Waals surface area contributed by atoms with Gasteiger partial charge < -0.3 is 14.8 Å². The first-order chi connectivity index (χ1) is 14.1. The highest BCUT2D eigenvalue weighted by molar-refractivity contribution is 5.88. The topological polar surface area (TPSA) is 121 Å². The summed E-state index contributed by atoms with van der Waals surface area (Å²) >= 11 is 0. The van der Waals surface area contributed by atoms with Crippen LogP contribution in [0.25, 0.3) is 11.0 Å². The molecule has 2 amide bonds. The molecule has 3 aromatic rings. The molecule has 2 N–H and O–H groups in total. The van der Waals surface area contributed by atoms with E-state index in [2.05, 4.69) is 47.6 Å². The summed E-state index contributed by atoms with van der Waals surface area (Å²) in [6, 6.07) is 2.28. The van der Waals surface area contributed by atoms with Crippen LogP contribution in [-0.2, 0) is 6.54 Å². The number of nitrogens with zero attached hydrogens (tertiary/aromatic N) is 8. The standard InChI is InChI=1S/C18H24N10O/c1-3-28-24-17(23-25-28)22-18(29)27-8-11-6-13(7-12(11)9-27)26(2)16-14-4-5-19-15(14)20-10-21-16/h4-5,10-13H,3,6-9H2,1-2H3,(H,19,20,21)(H,22,24,29)/t11-,12+,13-. The van der Waals surface area contributed by atoms with E-state index in [1.54, 1.807) is 6.33 Å². The Bertz CT molecular complexity index is 1010. The number of H-pyrrole nitrogens is 1. The number of fused-ring (bicyclic) bond motifs is 2. The van der Waals surface area contributed by atoms with Crippen molar-refractivity contribution in [3.8, 4) is 0 Å². The Morgan fingerprint density at radius 3 is 2.83 bits per heavy atom. The summed E-state index contributed by atoms with van der Waals surface area (Å²) in [6.07, 6.45) is 5.59.